The zero-order chi connectivity index (χ0) is 25.9. The largest absolute Gasteiger partial charge is 0.455 e. The van der Waals surface area contributed by atoms with E-state index in [2.05, 4.69) is 131 Å². The summed E-state index contributed by atoms with van der Waals surface area (Å²) in [5.74, 6) is 0. The van der Waals surface area contributed by atoms with Crippen LogP contribution >= 0.6 is 0 Å². The van der Waals surface area contributed by atoms with Gasteiger partial charge in [0.25, 0.3) is 6.71 Å². The van der Waals surface area contributed by atoms with Crippen LogP contribution in [0.25, 0.3) is 49.4 Å². The van der Waals surface area contributed by atoms with Gasteiger partial charge in [-0.1, -0.05) is 78.9 Å². The molecule has 0 fully saturated rings. The van der Waals surface area contributed by atoms with Gasteiger partial charge in [0.1, 0.15) is 11.2 Å². The zero-order valence-corrected chi connectivity index (χ0v) is 21.5. The summed E-state index contributed by atoms with van der Waals surface area (Å²) in [4.78, 5) is 2.43. The molecule has 0 aliphatic carbocycles. The molecule has 4 heterocycles. The lowest BCUT2D eigenvalue weighted by Crippen LogP contribution is -2.60. The van der Waals surface area contributed by atoms with Gasteiger partial charge in [-0.15, -0.1) is 0 Å². The van der Waals surface area contributed by atoms with Crippen LogP contribution in [0.3, 0.4) is 0 Å². The predicted octanol–water partition coefficient (Wildman–Crippen LogP) is 7.30. The molecule has 0 bridgehead atoms. The summed E-state index contributed by atoms with van der Waals surface area (Å²) in [7, 11) is 0. The second-order valence-electron chi connectivity index (χ2n) is 10.9. The quantitative estimate of drug-likeness (QED) is 0.217. The van der Waals surface area contributed by atoms with Crippen LogP contribution in [0.5, 0.6) is 0 Å². The Morgan fingerprint density at radius 3 is 2.20 bits per heavy atom. The van der Waals surface area contributed by atoms with Gasteiger partial charge in [0.05, 0.1) is 10.9 Å². The van der Waals surface area contributed by atoms with E-state index in [4.69, 9.17) is 4.42 Å². The molecule has 2 aliphatic rings. The van der Waals surface area contributed by atoms with Crippen molar-refractivity contribution in [3.8, 4) is 5.69 Å². The first kappa shape index (κ1) is 20.7. The molecule has 0 spiro atoms. The van der Waals surface area contributed by atoms with Crippen LogP contribution in [0.15, 0.2) is 132 Å². The molecule has 3 nitrogen and oxygen atoms in total. The Kier molecular flexibility index (Phi) is 3.75. The van der Waals surface area contributed by atoms with Crippen molar-refractivity contribution in [1.29, 1.82) is 0 Å². The highest BCUT2D eigenvalue weighted by Gasteiger charge is 2.41. The first-order valence-electron chi connectivity index (χ1n) is 13.8. The molecule has 4 heteroatoms. The highest BCUT2D eigenvalue weighted by Crippen LogP contribution is 2.43. The highest BCUT2D eigenvalue weighted by molar-refractivity contribution is 7.00. The molecular weight excluding hydrogens is 487 g/mol. The molecule has 0 atom stereocenters. The topological polar surface area (TPSA) is 21.3 Å². The zero-order valence-electron chi connectivity index (χ0n) is 21.5. The van der Waals surface area contributed by atoms with Gasteiger partial charge in [0.15, 0.2) is 0 Å². The van der Waals surface area contributed by atoms with Crippen molar-refractivity contribution in [3.63, 3.8) is 0 Å². The Morgan fingerprint density at radius 1 is 0.525 bits per heavy atom. The molecule has 6 aromatic carbocycles. The van der Waals surface area contributed by atoms with Crippen LogP contribution in [0.1, 0.15) is 0 Å². The van der Waals surface area contributed by atoms with E-state index >= 15 is 0 Å². The van der Waals surface area contributed by atoms with E-state index in [0.717, 1.165) is 16.6 Å². The highest BCUT2D eigenvalue weighted by atomic mass is 16.3. The molecule has 0 amide bonds. The fraction of sp³-hybridized carbons (Fsp3) is 0. The number of aromatic nitrogens is 1. The number of furan rings is 1. The molecule has 184 valence electrons. The van der Waals surface area contributed by atoms with Crippen molar-refractivity contribution >= 4 is 83.9 Å². The average Bonchev–Trinajstić information content (AvgIpc) is 3.56. The normalized spacial score (nSPS) is 13.4. The molecule has 8 aromatic rings. The van der Waals surface area contributed by atoms with E-state index in [1.165, 1.54) is 66.3 Å². The van der Waals surface area contributed by atoms with Crippen molar-refractivity contribution in [2.24, 2.45) is 0 Å². The first-order valence-corrected chi connectivity index (χ1v) is 13.8. The maximum atomic E-state index is 6.58. The number of nitrogens with zero attached hydrogens (tertiary/aromatic N) is 2. The number of fused-ring (bicyclic) bond motifs is 11. The lowest BCUT2D eigenvalue weighted by atomic mass is 9.34. The number of hydrogen-bond acceptors (Lipinski definition) is 2. The summed E-state index contributed by atoms with van der Waals surface area (Å²) in [5, 5.41) is 4.77. The molecular formula is C36H21BN2O. The molecule has 0 unspecified atom stereocenters. The lowest BCUT2D eigenvalue weighted by molar-refractivity contribution is 0.673. The third kappa shape index (κ3) is 2.39. The van der Waals surface area contributed by atoms with E-state index in [1.807, 2.05) is 6.07 Å². The second kappa shape index (κ2) is 7.25. The lowest BCUT2D eigenvalue weighted by Gasteiger charge is -2.40. The van der Waals surface area contributed by atoms with Gasteiger partial charge in [0.2, 0.25) is 0 Å². The maximum absolute atomic E-state index is 6.58. The molecule has 10 rings (SSSR count). The van der Waals surface area contributed by atoms with Crippen molar-refractivity contribution in [3.05, 3.63) is 127 Å². The van der Waals surface area contributed by atoms with Crippen LogP contribution in [-0.4, -0.2) is 11.3 Å². The van der Waals surface area contributed by atoms with Crippen molar-refractivity contribution < 1.29 is 4.42 Å². The molecule has 0 saturated carbocycles. The average molecular weight is 508 g/mol. The summed E-state index contributed by atoms with van der Waals surface area (Å²) in [6.07, 6.45) is 0. The summed E-state index contributed by atoms with van der Waals surface area (Å²) in [6.45, 7) is 0.147. The smallest absolute Gasteiger partial charge is 0.252 e. The second-order valence-corrected chi connectivity index (χ2v) is 10.9. The van der Waals surface area contributed by atoms with Gasteiger partial charge >= 0.3 is 0 Å². The Hall–Kier alpha value is -5.22. The van der Waals surface area contributed by atoms with Crippen LogP contribution in [0.2, 0.25) is 0 Å². The summed E-state index contributed by atoms with van der Waals surface area (Å²) in [6, 6.07) is 46.1. The Bertz CT molecular complexity index is 2350. The van der Waals surface area contributed by atoms with E-state index < -0.39 is 0 Å². The minimum atomic E-state index is 0.147. The number of anilines is 3. The number of rotatable bonds is 1. The van der Waals surface area contributed by atoms with Crippen molar-refractivity contribution in [2.45, 2.75) is 0 Å². The maximum Gasteiger partial charge on any atom is 0.252 e. The molecule has 0 radical (unpaired) electrons. The monoisotopic (exact) mass is 508 g/mol. The van der Waals surface area contributed by atoms with Crippen LogP contribution in [0.4, 0.5) is 17.1 Å². The van der Waals surface area contributed by atoms with E-state index in [0.29, 0.717) is 0 Å². The van der Waals surface area contributed by atoms with Crippen molar-refractivity contribution in [2.75, 3.05) is 4.90 Å². The molecule has 40 heavy (non-hydrogen) atoms. The standard InChI is InChI=1S/C36H21BN2O/c1-2-10-22(11-3-1)38-28-16-6-5-14-26(28)37-27-15-8-13-25-33-29(39(35(25)27)31-18-9-17-30(38)34(31)37)21-20-24-23-12-4-7-19-32(23)40-36(24)33/h1-21H. The van der Waals surface area contributed by atoms with Gasteiger partial charge in [-0.25, -0.2) is 0 Å². The number of benzene rings is 6. The molecule has 0 saturated heterocycles. The minimum absolute atomic E-state index is 0.147. The first-order chi connectivity index (χ1) is 19.9. The fourth-order valence-corrected chi connectivity index (χ4v) is 7.47. The van der Waals surface area contributed by atoms with Crippen molar-refractivity contribution in [1.82, 2.24) is 4.57 Å². The van der Waals surface area contributed by atoms with E-state index in [-0.39, 0.29) is 6.71 Å². The Balaban J connectivity index is 1.40. The minimum Gasteiger partial charge on any atom is -0.455 e. The van der Waals surface area contributed by atoms with Gasteiger partial charge in [-0.05, 0) is 64.9 Å². The molecule has 0 N–H and O–H groups in total. The fourth-order valence-electron chi connectivity index (χ4n) is 7.47. The van der Waals surface area contributed by atoms with Crippen LogP contribution in [-0.2, 0) is 0 Å². The number of hydrogen-bond donors (Lipinski definition) is 0. The van der Waals surface area contributed by atoms with Crippen LogP contribution in [0, 0.1) is 0 Å². The Labute approximate surface area is 230 Å². The van der Waals surface area contributed by atoms with Gasteiger partial charge in [0, 0.05) is 44.4 Å². The van der Waals surface area contributed by atoms with E-state index in [9.17, 15) is 0 Å². The van der Waals surface area contributed by atoms with E-state index in [1.54, 1.807) is 0 Å². The summed E-state index contributed by atoms with van der Waals surface area (Å²) < 4.78 is 9.06. The van der Waals surface area contributed by atoms with Crippen LogP contribution < -0.4 is 21.3 Å². The third-order valence-corrected chi connectivity index (χ3v) is 8.97. The molecule has 2 aliphatic heterocycles. The predicted molar refractivity (Wildman–Crippen MR) is 167 cm³/mol. The number of para-hydroxylation sites is 4. The summed E-state index contributed by atoms with van der Waals surface area (Å²) in [5.41, 5.74) is 13.3. The summed E-state index contributed by atoms with van der Waals surface area (Å²) >= 11 is 0. The van der Waals surface area contributed by atoms with Gasteiger partial charge < -0.3 is 13.9 Å². The third-order valence-electron chi connectivity index (χ3n) is 8.97. The van der Waals surface area contributed by atoms with Gasteiger partial charge in [-0.2, -0.15) is 0 Å². The Morgan fingerprint density at radius 2 is 1.25 bits per heavy atom. The van der Waals surface area contributed by atoms with Gasteiger partial charge in [-0.3, -0.25) is 0 Å². The molecule has 2 aromatic heterocycles. The SMILES string of the molecule is c1ccc(N2c3ccccc3B3c4c2cccc4-n2c4ccc5c6ccccc6oc5c4c4cccc3c42)cc1.